The largest absolute Gasteiger partial charge is 0.490 e. The van der Waals surface area contributed by atoms with E-state index in [0.29, 0.717) is 6.61 Å². The number of aromatic amines is 1. The molecule has 0 atom stereocenters. The van der Waals surface area contributed by atoms with Crippen molar-refractivity contribution in [1.29, 1.82) is 0 Å². The van der Waals surface area contributed by atoms with Crippen molar-refractivity contribution in [3.05, 3.63) is 42.9 Å². The van der Waals surface area contributed by atoms with Gasteiger partial charge in [-0.15, -0.1) is 0 Å². The van der Waals surface area contributed by atoms with Crippen LogP contribution in [0.15, 0.2) is 42.9 Å². The maximum absolute atomic E-state index is 6.16. The second kappa shape index (κ2) is 5.10. The highest BCUT2D eigenvalue weighted by Gasteiger charge is 2.33. The molecule has 0 bridgehead atoms. The fourth-order valence-corrected chi connectivity index (χ4v) is 2.80. The van der Waals surface area contributed by atoms with Crippen molar-refractivity contribution in [3.63, 3.8) is 0 Å². The van der Waals surface area contributed by atoms with Crippen molar-refractivity contribution in [2.45, 2.75) is 24.8 Å². The number of nitrogens with two attached hydrogens (primary N) is 1. The molecule has 5 heteroatoms. The second-order valence-corrected chi connectivity index (χ2v) is 5.99. The summed E-state index contributed by atoms with van der Waals surface area (Å²) in [7, 11) is 0. The van der Waals surface area contributed by atoms with Crippen molar-refractivity contribution in [1.82, 2.24) is 15.0 Å². The molecule has 1 saturated carbocycles. The second-order valence-electron chi connectivity index (χ2n) is 5.99. The van der Waals surface area contributed by atoms with E-state index in [0.717, 1.165) is 40.9 Å². The first-order valence-electron chi connectivity index (χ1n) is 7.54. The molecule has 0 spiro atoms. The minimum Gasteiger partial charge on any atom is -0.490 e. The number of rotatable bonds is 4. The Morgan fingerprint density at radius 2 is 2.14 bits per heavy atom. The average molecular weight is 294 g/mol. The first kappa shape index (κ1) is 13.3. The third-order valence-electron chi connectivity index (χ3n) is 4.34. The van der Waals surface area contributed by atoms with Crippen molar-refractivity contribution in [2.75, 3.05) is 6.61 Å². The number of hydrogen-bond donors (Lipinski definition) is 2. The summed E-state index contributed by atoms with van der Waals surface area (Å²) in [6, 6.07) is 7.87. The van der Waals surface area contributed by atoms with Crippen molar-refractivity contribution in [3.8, 4) is 17.0 Å². The van der Waals surface area contributed by atoms with Gasteiger partial charge in [0.15, 0.2) is 0 Å². The van der Waals surface area contributed by atoms with E-state index in [4.69, 9.17) is 10.5 Å². The molecular weight excluding hydrogens is 276 g/mol. The van der Waals surface area contributed by atoms with E-state index in [1.165, 1.54) is 6.42 Å². The van der Waals surface area contributed by atoms with Gasteiger partial charge in [0.2, 0.25) is 0 Å². The van der Waals surface area contributed by atoms with Gasteiger partial charge in [-0.25, -0.2) is 4.98 Å². The molecular formula is C17H18N4O. The van der Waals surface area contributed by atoms with E-state index in [-0.39, 0.29) is 5.54 Å². The van der Waals surface area contributed by atoms with Crippen LogP contribution in [-0.2, 0) is 0 Å². The molecule has 3 N–H and O–H groups in total. The summed E-state index contributed by atoms with van der Waals surface area (Å²) < 4.78 is 5.77. The van der Waals surface area contributed by atoms with Gasteiger partial charge in [0.1, 0.15) is 18.0 Å². The Labute approximate surface area is 128 Å². The molecule has 0 saturated heterocycles. The number of nitrogens with one attached hydrogen (secondary N) is 1. The lowest BCUT2D eigenvalue weighted by molar-refractivity contribution is 0.142. The molecule has 4 rings (SSSR count). The maximum atomic E-state index is 6.16. The van der Waals surface area contributed by atoms with Crippen LogP contribution in [-0.4, -0.2) is 27.1 Å². The topological polar surface area (TPSA) is 76.8 Å². The van der Waals surface area contributed by atoms with Gasteiger partial charge in [0.25, 0.3) is 0 Å². The number of fused-ring (bicyclic) bond motifs is 1. The lowest BCUT2D eigenvalue weighted by Crippen LogP contribution is -2.51. The van der Waals surface area contributed by atoms with Gasteiger partial charge in [0.05, 0.1) is 17.4 Å². The molecule has 0 amide bonds. The third-order valence-corrected chi connectivity index (χ3v) is 4.34. The fourth-order valence-electron chi connectivity index (χ4n) is 2.80. The predicted octanol–water partition coefficient (Wildman–Crippen LogP) is 2.89. The summed E-state index contributed by atoms with van der Waals surface area (Å²) >= 11 is 0. The molecule has 22 heavy (non-hydrogen) atoms. The number of nitrogens with zero attached hydrogens (tertiary/aromatic N) is 2. The summed E-state index contributed by atoms with van der Waals surface area (Å²) in [6.07, 6.45) is 8.75. The fraction of sp³-hybridized carbons (Fsp3) is 0.294. The van der Waals surface area contributed by atoms with Gasteiger partial charge in [-0.3, -0.25) is 4.98 Å². The van der Waals surface area contributed by atoms with Gasteiger partial charge < -0.3 is 15.5 Å². The molecule has 1 aliphatic carbocycles. The predicted molar refractivity (Wildman–Crippen MR) is 85.6 cm³/mol. The Morgan fingerprint density at radius 1 is 1.23 bits per heavy atom. The Balaban J connectivity index is 1.54. The van der Waals surface area contributed by atoms with Crippen LogP contribution in [0.25, 0.3) is 22.3 Å². The molecule has 1 aliphatic rings. The van der Waals surface area contributed by atoms with Gasteiger partial charge in [-0.05, 0) is 43.5 Å². The Morgan fingerprint density at radius 3 is 2.86 bits per heavy atom. The SMILES string of the molecule is NC1(COc2ccc(-c3c[nH]c4ncccc34)nc2)CCC1. The van der Waals surface area contributed by atoms with Gasteiger partial charge in [-0.2, -0.15) is 0 Å². The highest BCUT2D eigenvalue weighted by molar-refractivity contribution is 5.92. The van der Waals surface area contributed by atoms with Crippen LogP contribution in [0.1, 0.15) is 19.3 Å². The Bertz CT molecular complexity index is 790. The monoisotopic (exact) mass is 294 g/mol. The van der Waals surface area contributed by atoms with Crippen LogP contribution in [0.4, 0.5) is 0 Å². The molecule has 5 nitrogen and oxygen atoms in total. The minimum absolute atomic E-state index is 0.138. The molecule has 0 unspecified atom stereocenters. The number of aromatic nitrogens is 3. The molecule has 0 aliphatic heterocycles. The van der Waals surface area contributed by atoms with Gasteiger partial charge in [-0.1, -0.05) is 0 Å². The molecule has 112 valence electrons. The third kappa shape index (κ3) is 2.33. The summed E-state index contributed by atoms with van der Waals surface area (Å²) in [5.74, 6) is 0.762. The van der Waals surface area contributed by atoms with E-state index < -0.39 is 0 Å². The number of pyridine rings is 2. The van der Waals surface area contributed by atoms with Crippen LogP contribution in [0.2, 0.25) is 0 Å². The number of H-pyrrole nitrogens is 1. The standard InChI is InChI=1S/C17H18N4O/c18-17(6-2-7-17)11-22-12-4-5-15(20-9-12)14-10-21-16-13(14)3-1-8-19-16/h1,3-5,8-10H,2,6-7,11,18H2,(H,19,21). The lowest BCUT2D eigenvalue weighted by atomic mass is 9.78. The Hall–Kier alpha value is -2.40. The van der Waals surface area contributed by atoms with Gasteiger partial charge in [0, 0.05) is 23.3 Å². The van der Waals surface area contributed by atoms with Crippen LogP contribution in [0.5, 0.6) is 5.75 Å². The summed E-state index contributed by atoms with van der Waals surface area (Å²) in [4.78, 5) is 12.0. The smallest absolute Gasteiger partial charge is 0.137 e. The molecule has 1 fully saturated rings. The zero-order chi connectivity index (χ0) is 15.0. The van der Waals surface area contributed by atoms with E-state index in [1.54, 1.807) is 12.4 Å². The molecule has 3 aromatic rings. The zero-order valence-electron chi connectivity index (χ0n) is 12.2. The zero-order valence-corrected chi connectivity index (χ0v) is 12.2. The van der Waals surface area contributed by atoms with Crippen LogP contribution in [0.3, 0.4) is 0 Å². The molecule has 3 aromatic heterocycles. The van der Waals surface area contributed by atoms with Crippen LogP contribution in [0, 0.1) is 0 Å². The molecule has 0 aromatic carbocycles. The number of hydrogen-bond acceptors (Lipinski definition) is 4. The van der Waals surface area contributed by atoms with Crippen molar-refractivity contribution in [2.24, 2.45) is 5.73 Å². The minimum atomic E-state index is -0.138. The van der Waals surface area contributed by atoms with E-state index in [9.17, 15) is 0 Å². The quantitative estimate of drug-likeness (QED) is 0.775. The van der Waals surface area contributed by atoms with E-state index in [2.05, 4.69) is 15.0 Å². The van der Waals surface area contributed by atoms with E-state index in [1.807, 2.05) is 30.5 Å². The Kier molecular flexibility index (Phi) is 3.08. The average Bonchev–Trinajstić information content (AvgIpc) is 2.96. The first-order chi connectivity index (χ1) is 10.7. The first-order valence-corrected chi connectivity index (χ1v) is 7.54. The van der Waals surface area contributed by atoms with Crippen LogP contribution >= 0.6 is 0 Å². The molecule has 3 heterocycles. The van der Waals surface area contributed by atoms with E-state index >= 15 is 0 Å². The highest BCUT2D eigenvalue weighted by atomic mass is 16.5. The summed E-state index contributed by atoms with van der Waals surface area (Å²) in [5, 5.41) is 1.07. The summed E-state index contributed by atoms with van der Waals surface area (Å²) in [5.41, 5.74) is 8.84. The molecule has 0 radical (unpaired) electrons. The maximum Gasteiger partial charge on any atom is 0.137 e. The highest BCUT2D eigenvalue weighted by Crippen LogP contribution is 2.30. The summed E-state index contributed by atoms with van der Waals surface area (Å²) in [6.45, 7) is 0.561. The van der Waals surface area contributed by atoms with Crippen molar-refractivity contribution < 1.29 is 4.74 Å². The van der Waals surface area contributed by atoms with Gasteiger partial charge >= 0.3 is 0 Å². The lowest BCUT2D eigenvalue weighted by Gasteiger charge is -2.37. The van der Waals surface area contributed by atoms with Crippen LogP contribution < -0.4 is 10.5 Å². The number of ether oxygens (including phenoxy) is 1. The normalized spacial score (nSPS) is 16.4. The van der Waals surface area contributed by atoms with Crippen molar-refractivity contribution >= 4 is 11.0 Å².